The van der Waals surface area contributed by atoms with Crippen molar-refractivity contribution in [3.8, 4) is 5.75 Å². The molecule has 1 fully saturated rings. The Morgan fingerprint density at radius 3 is 2.44 bits per heavy atom. The van der Waals surface area contributed by atoms with Crippen LogP contribution in [0.2, 0.25) is 0 Å². The molecule has 4 heteroatoms. The van der Waals surface area contributed by atoms with Gasteiger partial charge >= 0.3 is 0 Å². The molecule has 1 aliphatic heterocycles. The number of hydrogen-bond acceptors (Lipinski definition) is 3. The molecular weight excluding hydrogens is 230 g/mol. The van der Waals surface area contributed by atoms with Crippen LogP contribution in [0.25, 0.3) is 0 Å². The zero-order valence-electron chi connectivity index (χ0n) is 10.6. The highest BCUT2D eigenvalue weighted by Gasteiger charge is 2.28. The van der Waals surface area contributed by atoms with Gasteiger partial charge in [0.1, 0.15) is 5.75 Å². The van der Waals surface area contributed by atoms with E-state index < -0.39 is 6.10 Å². The smallest absolute Gasteiger partial charge is 0.267 e. The van der Waals surface area contributed by atoms with Gasteiger partial charge in [-0.1, -0.05) is 26.0 Å². The molecule has 0 aliphatic carbocycles. The summed E-state index contributed by atoms with van der Waals surface area (Å²) in [5.41, 5.74) is 1.23. The summed E-state index contributed by atoms with van der Waals surface area (Å²) in [5, 5.41) is 2.28. The van der Waals surface area contributed by atoms with Crippen molar-refractivity contribution in [2.45, 2.75) is 38.7 Å². The van der Waals surface area contributed by atoms with E-state index in [1.807, 2.05) is 24.3 Å². The molecule has 0 aromatic heterocycles. The van der Waals surface area contributed by atoms with E-state index >= 15 is 0 Å². The van der Waals surface area contributed by atoms with Crippen LogP contribution in [0.1, 0.15) is 38.2 Å². The Morgan fingerprint density at radius 2 is 1.89 bits per heavy atom. The Balaban J connectivity index is 2.01. The number of benzene rings is 1. The van der Waals surface area contributed by atoms with Gasteiger partial charge in [-0.15, -0.1) is 0 Å². The number of amides is 2. The molecule has 4 nitrogen and oxygen atoms in total. The van der Waals surface area contributed by atoms with Crippen molar-refractivity contribution in [2.24, 2.45) is 0 Å². The van der Waals surface area contributed by atoms with Gasteiger partial charge in [0.15, 0.2) is 6.10 Å². The zero-order chi connectivity index (χ0) is 13.1. The van der Waals surface area contributed by atoms with E-state index in [0.29, 0.717) is 24.5 Å². The van der Waals surface area contributed by atoms with Gasteiger partial charge in [-0.05, 0) is 23.6 Å². The number of piperidine rings is 1. The largest absolute Gasteiger partial charge is 0.481 e. The fourth-order valence-electron chi connectivity index (χ4n) is 1.88. The van der Waals surface area contributed by atoms with Gasteiger partial charge in [-0.3, -0.25) is 14.9 Å². The molecule has 0 saturated carbocycles. The summed E-state index contributed by atoms with van der Waals surface area (Å²) in [6.45, 7) is 4.24. The van der Waals surface area contributed by atoms with Crippen LogP contribution in [0.3, 0.4) is 0 Å². The predicted molar refractivity (Wildman–Crippen MR) is 67.3 cm³/mol. The lowest BCUT2D eigenvalue weighted by atomic mass is 10.0. The summed E-state index contributed by atoms with van der Waals surface area (Å²) in [6.07, 6.45) is 0.212. The number of rotatable bonds is 3. The fraction of sp³-hybridized carbons (Fsp3) is 0.429. The Kier molecular flexibility index (Phi) is 3.65. The minimum Gasteiger partial charge on any atom is -0.481 e. The van der Waals surface area contributed by atoms with Gasteiger partial charge in [0, 0.05) is 12.8 Å². The number of carbonyl (C=O) groups is 2. The molecule has 2 amide bonds. The number of imide groups is 1. The third-order valence-electron chi connectivity index (χ3n) is 3.01. The molecular formula is C14H17NO3. The molecule has 0 bridgehead atoms. The fourth-order valence-corrected chi connectivity index (χ4v) is 1.88. The number of nitrogens with one attached hydrogen (secondary N) is 1. The Bertz CT molecular complexity index is 451. The topological polar surface area (TPSA) is 55.4 Å². The third kappa shape index (κ3) is 2.88. The first-order chi connectivity index (χ1) is 8.56. The van der Waals surface area contributed by atoms with Crippen LogP contribution in [-0.2, 0) is 9.59 Å². The average molecular weight is 247 g/mol. The second-order valence-corrected chi connectivity index (χ2v) is 4.78. The monoisotopic (exact) mass is 247 g/mol. The van der Waals surface area contributed by atoms with E-state index in [4.69, 9.17) is 4.74 Å². The van der Waals surface area contributed by atoms with Crippen molar-refractivity contribution < 1.29 is 14.3 Å². The molecule has 2 rings (SSSR count). The molecule has 1 aromatic rings. The van der Waals surface area contributed by atoms with Crippen molar-refractivity contribution in [3.05, 3.63) is 29.8 Å². The van der Waals surface area contributed by atoms with Gasteiger partial charge in [-0.2, -0.15) is 0 Å². The zero-order valence-corrected chi connectivity index (χ0v) is 10.6. The molecule has 1 atom stereocenters. The summed E-state index contributed by atoms with van der Waals surface area (Å²) < 4.78 is 5.59. The van der Waals surface area contributed by atoms with Crippen LogP contribution in [0.15, 0.2) is 24.3 Å². The summed E-state index contributed by atoms with van der Waals surface area (Å²) in [5.74, 6) is 0.553. The molecule has 1 N–H and O–H groups in total. The first-order valence-electron chi connectivity index (χ1n) is 6.16. The highest BCUT2D eigenvalue weighted by molar-refractivity contribution is 5.99. The lowest BCUT2D eigenvalue weighted by Crippen LogP contribution is -2.46. The molecule has 0 radical (unpaired) electrons. The van der Waals surface area contributed by atoms with Crippen LogP contribution in [0.5, 0.6) is 5.75 Å². The van der Waals surface area contributed by atoms with E-state index in [1.165, 1.54) is 5.56 Å². The van der Waals surface area contributed by atoms with Crippen LogP contribution >= 0.6 is 0 Å². The lowest BCUT2D eigenvalue weighted by molar-refractivity contribution is -0.138. The van der Waals surface area contributed by atoms with E-state index in [2.05, 4.69) is 19.2 Å². The number of ether oxygens (including phenoxy) is 1. The van der Waals surface area contributed by atoms with Gasteiger partial charge < -0.3 is 4.74 Å². The number of carbonyl (C=O) groups excluding carboxylic acids is 2. The van der Waals surface area contributed by atoms with Crippen LogP contribution < -0.4 is 10.1 Å². The van der Waals surface area contributed by atoms with Crippen molar-refractivity contribution in [1.82, 2.24) is 5.32 Å². The maximum atomic E-state index is 11.5. The van der Waals surface area contributed by atoms with Crippen molar-refractivity contribution in [2.75, 3.05) is 0 Å². The van der Waals surface area contributed by atoms with E-state index in [-0.39, 0.29) is 11.8 Å². The number of hydrogen-bond donors (Lipinski definition) is 1. The molecule has 0 unspecified atom stereocenters. The third-order valence-corrected chi connectivity index (χ3v) is 3.01. The normalized spacial score (nSPS) is 19.8. The molecule has 96 valence electrons. The Hall–Kier alpha value is -1.84. The molecule has 18 heavy (non-hydrogen) atoms. The summed E-state index contributed by atoms with van der Waals surface area (Å²) in [7, 11) is 0. The van der Waals surface area contributed by atoms with Crippen molar-refractivity contribution >= 4 is 11.8 Å². The molecule has 1 heterocycles. The second-order valence-electron chi connectivity index (χ2n) is 4.78. The second kappa shape index (κ2) is 5.21. The van der Waals surface area contributed by atoms with Crippen LogP contribution in [0.4, 0.5) is 0 Å². The minimum atomic E-state index is -0.562. The SMILES string of the molecule is CC(C)c1ccc(O[C@H]2CCC(=O)NC2=O)cc1. The Labute approximate surface area is 106 Å². The summed E-state index contributed by atoms with van der Waals surface area (Å²) >= 11 is 0. The van der Waals surface area contributed by atoms with E-state index in [0.717, 1.165) is 0 Å². The lowest BCUT2D eigenvalue weighted by Gasteiger charge is -2.22. The standard InChI is InChI=1S/C14H17NO3/c1-9(2)10-3-5-11(6-4-10)18-12-7-8-13(16)15-14(12)17/h3-6,9,12H,7-8H2,1-2H3,(H,15,16,17)/t12-/m0/s1. The molecule has 1 aliphatic rings. The van der Waals surface area contributed by atoms with Crippen LogP contribution in [-0.4, -0.2) is 17.9 Å². The summed E-state index contributed by atoms with van der Waals surface area (Å²) in [4.78, 5) is 22.5. The molecule has 0 spiro atoms. The minimum absolute atomic E-state index is 0.227. The first kappa shape index (κ1) is 12.6. The average Bonchev–Trinajstić information content (AvgIpc) is 2.33. The van der Waals surface area contributed by atoms with Gasteiger partial charge in [0.05, 0.1) is 0 Å². The van der Waals surface area contributed by atoms with Crippen LogP contribution in [0, 0.1) is 0 Å². The first-order valence-corrected chi connectivity index (χ1v) is 6.16. The van der Waals surface area contributed by atoms with Crippen molar-refractivity contribution in [3.63, 3.8) is 0 Å². The van der Waals surface area contributed by atoms with Gasteiger partial charge in [0.2, 0.25) is 5.91 Å². The maximum Gasteiger partial charge on any atom is 0.267 e. The van der Waals surface area contributed by atoms with Gasteiger partial charge in [0.25, 0.3) is 5.91 Å². The summed E-state index contributed by atoms with van der Waals surface area (Å²) in [6, 6.07) is 7.70. The maximum absolute atomic E-state index is 11.5. The quantitative estimate of drug-likeness (QED) is 0.831. The molecule has 1 saturated heterocycles. The van der Waals surface area contributed by atoms with E-state index in [1.54, 1.807) is 0 Å². The van der Waals surface area contributed by atoms with Crippen molar-refractivity contribution in [1.29, 1.82) is 0 Å². The van der Waals surface area contributed by atoms with Gasteiger partial charge in [-0.25, -0.2) is 0 Å². The molecule has 1 aromatic carbocycles. The predicted octanol–water partition coefficient (Wildman–Crippen LogP) is 1.99. The Morgan fingerprint density at radius 1 is 1.22 bits per heavy atom. The highest BCUT2D eigenvalue weighted by Crippen LogP contribution is 2.21. The highest BCUT2D eigenvalue weighted by atomic mass is 16.5. The van der Waals surface area contributed by atoms with E-state index in [9.17, 15) is 9.59 Å².